The summed E-state index contributed by atoms with van der Waals surface area (Å²) in [5.74, 6) is -0.174. The first-order valence-corrected chi connectivity index (χ1v) is 4.81. The molecule has 4 N–H and O–H groups in total. The third kappa shape index (κ3) is 5.90. The van der Waals surface area contributed by atoms with Crippen LogP contribution in [-0.4, -0.2) is 43.4 Å². The van der Waals surface area contributed by atoms with Gasteiger partial charge in [-0.2, -0.15) is 0 Å². The zero-order valence-corrected chi connectivity index (χ0v) is 8.82. The van der Waals surface area contributed by atoms with E-state index in [9.17, 15) is 4.79 Å². The highest BCUT2D eigenvalue weighted by molar-refractivity contribution is 5.80. The number of hydrogen-bond acceptors (Lipinski definition) is 4. The minimum atomic E-state index is -0.345. The quantitative estimate of drug-likeness (QED) is 0.447. The van der Waals surface area contributed by atoms with Gasteiger partial charge >= 0.3 is 0 Å². The number of hydrogen-bond donors (Lipinski definition) is 3. The molecule has 5 heteroatoms. The van der Waals surface area contributed by atoms with Crippen LogP contribution in [0.15, 0.2) is 0 Å². The van der Waals surface area contributed by atoms with Gasteiger partial charge in [-0.25, -0.2) is 0 Å². The van der Waals surface area contributed by atoms with E-state index in [1.54, 1.807) is 0 Å². The van der Waals surface area contributed by atoms with Crippen LogP contribution in [0.5, 0.6) is 0 Å². The summed E-state index contributed by atoms with van der Waals surface area (Å²) in [6, 6.07) is -0.312. The number of aliphatic hydroxyl groups is 1. The number of nitrogens with one attached hydrogen (secondary N) is 1. The van der Waals surface area contributed by atoms with E-state index in [4.69, 9.17) is 15.6 Å². The average Bonchev–Trinajstić information content (AvgIpc) is 2.09. The smallest absolute Gasteiger partial charge is 0.234 e. The van der Waals surface area contributed by atoms with Crippen molar-refractivity contribution in [1.82, 2.24) is 5.32 Å². The first-order valence-electron chi connectivity index (χ1n) is 4.81. The molecule has 14 heavy (non-hydrogen) atoms. The third-order valence-electron chi connectivity index (χ3n) is 1.82. The van der Waals surface area contributed by atoms with Crippen LogP contribution in [0, 0.1) is 5.92 Å². The molecule has 0 spiro atoms. The molecule has 0 aromatic heterocycles. The minimum absolute atomic E-state index is 0.0173. The molecule has 0 saturated carbocycles. The first kappa shape index (κ1) is 13.4. The second-order valence-corrected chi connectivity index (χ2v) is 3.41. The molecule has 5 nitrogen and oxygen atoms in total. The van der Waals surface area contributed by atoms with Crippen LogP contribution in [0.4, 0.5) is 0 Å². The topological polar surface area (TPSA) is 84.6 Å². The average molecular weight is 204 g/mol. The molecule has 0 saturated heterocycles. The summed E-state index contributed by atoms with van der Waals surface area (Å²) in [4.78, 5) is 10.9. The summed E-state index contributed by atoms with van der Waals surface area (Å²) in [7, 11) is 0. The fourth-order valence-corrected chi connectivity index (χ4v) is 1.12. The lowest BCUT2D eigenvalue weighted by atomic mass is 10.0. The van der Waals surface area contributed by atoms with Gasteiger partial charge in [0.2, 0.25) is 5.91 Å². The highest BCUT2D eigenvalue weighted by atomic mass is 16.5. The molecule has 84 valence electrons. The molecule has 0 heterocycles. The van der Waals surface area contributed by atoms with Crippen molar-refractivity contribution >= 4 is 5.91 Å². The minimum Gasteiger partial charge on any atom is -0.394 e. The Hall–Kier alpha value is -0.650. The molecule has 0 aromatic carbocycles. The van der Waals surface area contributed by atoms with Crippen molar-refractivity contribution in [2.75, 3.05) is 26.4 Å². The van der Waals surface area contributed by atoms with Gasteiger partial charge in [0, 0.05) is 6.54 Å². The number of primary amides is 1. The maximum atomic E-state index is 10.9. The Morgan fingerprint density at radius 2 is 2.14 bits per heavy atom. The number of amides is 1. The Morgan fingerprint density at radius 3 is 2.57 bits per heavy atom. The molecule has 1 atom stereocenters. The molecule has 0 aliphatic carbocycles. The van der Waals surface area contributed by atoms with Gasteiger partial charge in [0.25, 0.3) is 0 Å². The number of carbonyl (C=O) groups is 1. The van der Waals surface area contributed by atoms with Crippen molar-refractivity contribution in [2.45, 2.75) is 19.9 Å². The van der Waals surface area contributed by atoms with Gasteiger partial charge in [-0.05, 0) is 5.92 Å². The van der Waals surface area contributed by atoms with E-state index in [2.05, 4.69) is 5.32 Å². The zero-order chi connectivity index (χ0) is 11.0. The molecule has 0 fully saturated rings. The SMILES string of the molecule is CC(C)C(NCCOCCO)C(N)=O. The largest absolute Gasteiger partial charge is 0.394 e. The number of aliphatic hydroxyl groups excluding tert-OH is 1. The second kappa shape index (κ2) is 7.73. The predicted octanol–water partition coefficient (Wildman–Crippen LogP) is -0.905. The molecule has 0 bridgehead atoms. The van der Waals surface area contributed by atoms with Crippen molar-refractivity contribution in [3.8, 4) is 0 Å². The summed E-state index contributed by atoms with van der Waals surface area (Å²) in [6.07, 6.45) is 0. The van der Waals surface area contributed by atoms with Crippen LogP contribution in [-0.2, 0) is 9.53 Å². The summed E-state index contributed by atoms with van der Waals surface area (Å²) in [5.41, 5.74) is 5.20. The van der Waals surface area contributed by atoms with Crippen LogP contribution < -0.4 is 11.1 Å². The normalized spacial score (nSPS) is 13.1. The van der Waals surface area contributed by atoms with Gasteiger partial charge in [0.1, 0.15) is 0 Å². The highest BCUT2D eigenvalue weighted by Gasteiger charge is 2.17. The predicted molar refractivity (Wildman–Crippen MR) is 53.7 cm³/mol. The number of carbonyl (C=O) groups excluding carboxylic acids is 1. The van der Waals surface area contributed by atoms with Gasteiger partial charge < -0.3 is 20.9 Å². The zero-order valence-electron chi connectivity index (χ0n) is 8.82. The van der Waals surface area contributed by atoms with Gasteiger partial charge in [-0.15, -0.1) is 0 Å². The number of rotatable bonds is 8. The van der Waals surface area contributed by atoms with Gasteiger partial charge in [-0.1, -0.05) is 13.8 Å². The van der Waals surface area contributed by atoms with Crippen LogP contribution in [0.3, 0.4) is 0 Å². The summed E-state index contributed by atoms with van der Waals surface area (Å²) in [6.45, 7) is 5.23. The molecule has 0 radical (unpaired) electrons. The van der Waals surface area contributed by atoms with E-state index in [1.165, 1.54) is 0 Å². The second-order valence-electron chi connectivity index (χ2n) is 3.41. The van der Waals surface area contributed by atoms with Crippen LogP contribution in [0.1, 0.15) is 13.8 Å². The summed E-state index contributed by atoms with van der Waals surface area (Å²) < 4.78 is 5.03. The Balaban J connectivity index is 3.57. The van der Waals surface area contributed by atoms with E-state index in [-0.39, 0.29) is 24.5 Å². The van der Waals surface area contributed by atoms with Crippen molar-refractivity contribution < 1.29 is 14.6 Å². The van der Waals surface area contributed by atoms with Crippen molar-refractivity contribution in [3.63, 3.8) is 0 Å². The Morgan fingerprint density at radius 1 is 1.50 bits per heavy atom. The Bertz CT molecular complexity index is 162. The van der Waals surface area contributed by atoms with Gasteiger partial charge in [0.05, 0.1) is 25.9 Å². The first-order chi connectivity index (χ1) is 6.59. The highest BCUT2D eigenvalue weighted by Crippen LogP contribution is 1.99. The van der Waals surface area contributed by atoms with Crippen LogP contribution >= 0.6 is 0 Å². The lowest BCUT2D eigenvalue weighted by Crippen LogP contribution is -2.46. The number of ether oxygens (including phenoxy) is 1. The Kier molecular flexibility index (Phi) is 7.37. The lowest BCUT2D eigenvalue weighted by Gasteiger charge is -2.18. The summed E-state index contributed by atoms with van der Waals surface area (Å²) >= 11 is 0. The standard InChI is InChI=1S/C9H20N2O3/c1-7(2)8(9(10)13)11-3-5-14-6-4-12/h7-8,11-12H,3-6H2,1-2H3,(H2,10,13). The van der Waals surface area contributed by atoms with E-state index in [0.29, 0.717) is 19.8 Å². The summed E-state index contributed by atoms with van der Waals surface area (Å²) in [5, 5.41) is 11.4. The molecular formula is C9H20N2O3. The van der Waals surface area contributed by atoms with Crippen LogP contribution in [0.25, 0.3) is 0 Å². The Labute approximate surface area is 84.6 Å². The molecule has 0 aliphatic rings. The fraction of sp³-hybridized carbons (Fsp3) is 0.889. The van der Waals surface area contributed by atoms with Crippen LogP contribution in [0.2, 0.25) is 0 Å². The van der Waals surface area contributed by atoms with Crippen molar-refractivity contribution in [3.05, 3.63) is 0 Å². The van der Waals surface area contributed by atoms with E-state index < -0.39 is 0 Å². The van der Waals surface area contributed by atoms with E-state index >= 15 is 0 Å². The van der Waals surface area contributed by atoms with Crippen molar-refractivity contribution in [1.29, 1.82) is 0 Å². The maximum absolute atomic E-state index is 10.9. The van der Waals surface area contributed by atoms with E-state index in [1.807, 2.05) is 13.8 Å². The molecule has 0 aromatic rings. The molecule has 1 amide bonds. The van der Waals surface area contributed by atoms with Gasteiger partial charge in [0.15, 0.2) is 0 Å². The molecule has 0 rings (SSSR count). The number of nitrogens with two attached hydrogens (primary N) is 1. The molecular weight excluding hydrogens is 184 g/mol. The van der Waals surface area contributed by atoms with Gasteiger partial charge in [-0.3, -0.25) is 4.79 Å². The molecule has 0 aliphatic heterocycles. The monoisotopic (exact) mass is 204 g/mol. The van der Waals surface area contributed by atoms with E-state index in [0.717, 1.165) is 0 Å². The maximum Gasteiger partial charge on any atom is 0.234 e. The fourth-order valence-electron chi connectivity index (χ4n) is 1.12. The van der Waals surface area contributed by atoms with Crippen molar-refractivity contribution in [2.24, 2.45) is 11.7 Å². The third-order valence-corrected chi connectivity index (χ3v) is 1.82. The lowest BCUT2D eigenvalue weighted by molar-refractivity contribution is -0.121. The molecule has 1 unspecified atom stereocenters.